The van der Waals surface area contributed by atoms with Gasteiger partial charge in [0, 0.05) is 6.07 Å². The zero-order valence-corrected chi connectivity index (χ0v) is 17.9. The summed E-state index contributed by atoms with van der Waals surface area (Å²) in [7, 11) is 1.23. The third kappa shape index (κ3) is 6.36. The lowest BCUT2D eigenvalue weighted by molar-refractivity contribution is -0.386. The van der Waals surface area contributed by atoms with Gasteiger partial charge in [-0.05, 0) is 38.0 Å². The zero-order valence-electron chi connectivity index (χ0n) is 17.9. The molecule has 0 aromatic carbocycles. The number of hydrogen-bond donors (Lipinski definition) is 1. The summed E-state index contributed by atoms with van der Waals surface area (Å²) in [6.07, 6.45) is -0.379. The van der Waals surface area contributed by atoms with E-state index < -0.39 is 16.8 Å². The number of rotatable bonds is 9. The fraction of sp³-hybridized carbons (Fsp3) is 0.400. The molecule has 0 radical (unpaired) electrons. The molecule has 0 aliphatic carbocycles. The number of esters is 1. The highest BCUT2D eigenvalue weighted by Gasteiger charge is 2.22. The summed E-state index contributed by atoms with van der Waals surface area (Å²) in [6, 6.07) is 5.18. The second-order valence-electron chi connectivity index (χ2n) is 7.14. The molecule has 2 rings (SSSR count). The van der Waals surface area contributed by atoms with Gasteiger partial charge in [-0.1, -0.05) is 13.8 Å². The normalized spacial score (nSPS) is 10.7. The van der Waals surface area contributed by atoms with E-state index in [1.807, 2.05) is 13.8 Å². The van der Waals surface area contributed by atoms with Crippen LogP contribution in [0.5, 0.6) is 11.8 Å². The number of pyridine rings is 2. The van der Waals surface area contributed by atoms with Gasteiger partial charge in [0.1, 0.15) is 11.4 Å². The van der Waals surface area contributed by atoms with Crippen LogP contribution < -0.4 is 14.8 Å². The number of carbonyl (C=O) groups is 2. The molecule has 0 aliphatic rings. The van der Waals surface area contributed by atoms with Crippen molar-refractivity contribution in [2.45, 2.75) is 33.8 Å². The number of amides is 1. The number of nitrogens with one attached hydrogen (secondary N) is 1. The molecule has 0 saturated heterocycles. The van der Waals surface area contributed by atoms with Crippen molar-refractivity contribution in [1.82, 2.24) is 9.97 Å². The van der Waals surface area contributed by atoms with Crippen molar-refractivity contribution in [3.05, 3.63) is 45.8 Å². The Balaban J connectivity index is 2.35. The second kappa shape index (κ2) is 10.3. The van der Waals surface area contributed by atoms with Crippen LogP contribution >= 0.6 is 0 Å². The SMILES string of the molecule is COC(=O)c1ccc(NC(=O)c2ccc([N+](=O)[O-])c(OC(C)C)n2)c(OCC(C)C)n1. The number of carbonyl (C=O) groups excluding carboxylic acids is 2. The average Bonchev–Trinajstić information content (AvgIpc) is 2.71. The van der Waals surface area contributed by atoms with Gasteiger partial charge in [-0.25, -0.2) is 14.8 Å². The summed E-state index contributed by atoms with van der Waals surface area (Å²) in [5.74, 6) is -1.38. The Morgan fingerprint density at radius 1 is 1.06 bits per heavy atom. The summed E-state index contributed by atoms with van der Waals surface area (Å²) in [6.45, 7) is 7.53. The van der Waals surface area contributed by atoms with Crippen molar-refractivity contribution in [3.8, 4) is 11.8 Å². The van der Waals surface area contributed by atoms with Crippen LogP contribution in [0.3, 0.4) is 0 Å². The van der Waals surface area contributed by atoms with E-state index in [2.05, 4.69) is 20.0 Å². The van der Waals surface area contributed by atoms with Gasteiger partial charge in [0.05, 0.1) is 24.7 Å². The minimum absolute atomic E-state index is 0.0142. The first-order valence-corrected chi connectivity index (χ1v) is 9.48. The van der Waals surface area contributed by atoms with Crippen LogP contribution in [0.4, 0.5) is 11.4 Å². The van der Waals surface area contributed by atoms with E-state index >= 15 is 0 Å². The molecule has 0 bridgehead atoms. The number of anilines is 1. The number of ether oxygens (including phenoxy) is 3. The molecular formula is C20H24N4O7. The third-order valence-corrected chi connectivity index (χ3v) is 3.67. The quantitative estimate of drug-likeness (QED) is 0.359. The predicted molar refractivity (Wildman–Crippen MR) is 111 cm³/mol. The Morgan fingerprint density at radius 3 is 2.29 bits per heavy atom. The molecule has 11 nitrogen and oxygen atoms in total. The lowest BCUT2D eigenvalue weighted by atomic mass is 10.2. The molecule has 0 fully saturated rings. The summed E-state index contributed by atoms with van der Waals surface area (Å²) in [4.78, 5) is 43.1. The molecule has 1 N–H and O–H groups in total. The first-order valence-electron chi connectivity index (χ1n) is 9.48. The fourth-order valence-corrected chi connectivity index (χ4v) is 2.30. The van der Waals surface area contributed by atoms with Gasteiger partial charge in [-0.15, -0.1) is 0 Å². The van der Waals surface area contributed by atoms with E-state index in [0.29, 0.717) is 6.61 Å². The van der Waals surface area contributed by atoms with E-state index in [1.54, 1.807) is 13.8 Å². The van der Waals surface area contributed by atoms with Crippen molar-refractivity contribution < 1.29 is 28.7 Å². The topological polar surface area (TPSA) is 143 Å². The molecule has 2 aromatic heterocycles. The van der Waals surface area contributed by atoms with E-state index in [9.17, 15) is 19.7 Å². The second-order valence-corrected chi connectivity index (χ2v) is 7.14. The Bertz CT molecular complexity index is 976. The maximum Gasteiger partial charge on any atom is 0.356 e. The smallest absolute Gasteiger partial charge is 0.356 e. The number of aromatic nitrogens is 2. The standard InChI is InChI=1S/C20H24N4O7/c1-11(2)10-30-18-14(6-7-15(23-18)20(26)29-5)21-17(25)13-8-9-16(24(27)28)19(22-13)31-12(3)4/h6-9,11-12H,10H2,1-5H3,(H,21,25). The minimum atomic E-state index is -0.662. The fourth-order valence-electron chi connectivity index (χ4n) is 2.30. The van der Waals surface area contributed by atoms with E-state index in [-0.39, 0.29) is 46.5 Å². The lowest BCUT2D eigenvalue weighted by Crippen LogP contribution is -2.18. The van der Waals surface area contributed by atoms with Crippen LogP contribution in [0.15, 0.2) is 24.3 Å². The van der Waals surface area contributed by atoms with Crippen LogP contribution in [0.2, 0.25) is 0 Å². The van der Waals surface area contributed by atoms with E-state index in [4.69, 9.17) is 9.47 Å². The van der Waals surface area contributed by atoms with E-state index in [1.165, 1.54) is 25.3 Å². The molecule has 31 heavy (non-hydrogen) atoms. The summed E-state index contributed by atoms with van der Waals surface area (Å²) >= 11 is 0. The van der Waals surface area contributed by atoms with Gasteiger partial charge in [0.15, 0.2) is 5.69 Å². The Hall–Kier alpha value is -3.76. The summed E-state index contributed by atoms with van der Waals surface area (Å²) < 4.78 is 15.7. The van der Waals surface area contributed by atoms with Gasteiger partial charge in [0.25, 0.3) is 11.8 Å². The first-order chi connectivity index (χ1) is 14.6. The van der Waals surface area contributed by atoms with Crippen molar-refractivity contribution in [2.24, 2.45) is 5.92 Å². The molecule has 0 spiro atoms. The van der Waals surface area contributed by atoms with Gasteiger partial charge < -0.3 is 19.5 Å². The highest BCUT2D eigenvalue weighted by Crippen LogP contribution is 2.27. The molecule has 0 aliphatic heterocycles. The highest BCUT2D eigenvalue weighted by atomic mass is 16.6. The van der Waals surface area contributed by atoms with Crippen molar-refractivity contribution in [2.75, 3.05) is 19.0 Å². The molecule has 0 atom stereocenters. The van der Waals surface area contributed by atoms with Crippen LogP contribution in [-0.4, -0.2) is 46.6 Å². The third-order valence-electron chi connectivity index (χ3n) is 3.67. The van der Waals surface area contributed by atoms with Crippen molar-refractivity contribution >= 4 is 23.3 Å². The summed E-state index contributed by atoms with van der Waals surface area (Å²) in [5, 5.41) is 13.8. The van der Waals surface area contributed by atoms with Gasteiger partial charge >= 0.3 is 11.7 Å². The van der Waals surface area contributed by atoms with E-state index in [0.717, 1.165) is 6.07 Å². The van der Waals surface area contributed by atoms with Gasteiger partial charge in [-0.3, -0.25) is 14.9 Å². The molecule has 0 saturated carbocycles. The van der Waals surface area contributed by atoms with Crippen LogP contribution in [0, 0.1) is 16.0 Å². The average molecular weight is 432 g/mol. The van der Waals surface area contributed by atoms with Crippen molar-refractivity contribution in [1.29, 1.82) is 0 Å². The maximum absolute atomic E-state index is 12.7. The minimum Gasteiger partial charge on any atom is -0.476 e. The molecule has 2 aromatic rings. The predicted octanol–water partition coefficient (Wildman–Crippen LogP) is 3.25. The monoisotopic (exact) mass is 432 g/mol. The number of hydrogen-bond acceptors (Lipinski definition) is 9. The molecule has 1 amide bonds. The highest BCUT2D eigenvalue weighted by molar-refractivity contribution is 6.04. The Morgan fingerprint density at radius 2 is 1.71 bits per heavy atom. The van der Waals surface area contributed by atoms with Crippen LogP contribution in [0.1, 0.15) is 48.7 Å². The zero-order chi connectivity index (χ0) is 23.1. The Labute approximate surface area is 178 Å². The maximum atomic E-state index is 12.7. The largest absolute Gasteiger partial charge is 0.476 e. The molecule has 2 heterocycles. The number of nitrogens with zero attached hydrogens (tertiary/aromatic N) is 3. The number of nitro groups is 1. The number of methoxy groups -OCH3 is 1. The first kappa shape index (κ1) is 23.5. The van der Waals surface area contributed by atoms with Crippen LogP contribution in [0.25, 0.3) is 0 Å². The lowest BCUT2D eigenvalue weighted by Gasteiger charge is -2.14. The molecule has 166 valence electrons. The molecule has 11 heteroatoms. The summed E-state index contributed by atoms with van der Waals surface area (Å²) in [5.41, 5.74) is -0.242. The van der Waals surface area contributed by atoms with Crippen LogP contribution in [-0.2, 0) is 4.74 Å². The van der Waals surface area contributed by atoms with Crippen molar-refractivity contribution in [3.63, 3.8) is 0 Å². The molecular weight excluding hydrogens is 408 g/mol. The molecule has 0 unspecified atom stereocenters. The van der Waals surface area contributed by atoms with Gasteiger partial charge in [0.2, 0.25) is 5.88 Å². The Kier molecular flexibility index (Phi) is 7.83. The van der Waals surface area contributed by atoms with Gasteiger partial charge in [-0.2, -0.15) is 0 Å².